The topological polar surface area (TPSA) is 72.6 Å². The second-order valence-electron chi connectivity index (χ2n) is 9.67. The van der Waals surface area contributed by atoms with Gasteiger partial charge in [0.15, 0.2) is 5.43 Å². The molecular weight excluding hydrogens is 476 g/mol. The molecule has 1 aliphatic rings. The number of amides is 1. The smallest absolute Gasteiger partial charge is 0.291 e. The molecule has 38 heavy (non-hydrogen) atoms. The number of aryl methyl sites for hydroxylation is 2. The molecule has 0 bridgehead atoms. The first-order chi connectivity index (χ1) is 18.5. The lowest BCUT2D eigenvalue weighted by atomic mass is 9.96. The van der Waals surface area contributed by atoms with E-state index in [9.17, 15) is 9.59 Å². The van der Waals surface area contributed by atoms with E-state index in [1.807, 2.05) is 92.7 Å². The van der Waals surface area contributed by atoms with E-state index in [4.69, 9.17) is 9.15 Å². The standard InChI is InChI=1S/C32H26N2O4/c1-20-14-21(2)27-26(15-20)38-31-28(30(27)35)29(34(32(31)36)18-23-10-7-13-33-17-23)24-11-6-12-25(16-24)37-19-22-8-4-3-5-9-22/h3-17,29H,18-19H2,1-2H3. The highest BCUT2D eigenvalue weighted by Crippen LogP contribution is 2.40. The van der Waals surface area contributed by atoms with E-state index in [0.717, 1.165) is 27.8 Å². The summed E-state index contributed by atoms with van der Waals surface area (Å²) in [5, 5.41) is 0.506. The summed E-state index contributed by atoms with van der Waals surface area (Å²) in [4.78, 5) is 33.7. The third-order valence-corrected chi connectivity index (χ3v) is 6.91. The maximum absolute atomic E-state index is 14.0. The van der Waals surface area contributed by atoms with Crippen molar-refractivity contribution in [2.45, 2.75) is 33.0 Å². The number of fused-ring (bicyclic) bond motifs is 2. The molecule has 3 heterocycles. The van der Waals surface area contributed by atoms with Crippen LogP contribution < -0.4 is 10.2 Å². The second-order valence-corrected chi connectivity index (χ2v) is 9.67. The number of benzene rings is 3. The molecule has 1 atom stereocenters. The third-order valence-electron chi connectivity index (χ3n) is 6.91. The Morgan fingerprint density at radius 1 is 0.921 bits per heavy atom. The maximum atomic E-state index is 14.0. The van der Waals surface area contributed by atoms with Gasteiger partial charge in [-0.2, -0.15) is 0 Å². The molecule has 2 aromatic heterocycles. The summed E-state index contributed by atoms with van der Waals surface area (Å²) in [6.45, 7) is 4.54. The van der Waals surface area contributed by atoms with Crippen molar-refractivity contribution in [3.05, 3.63) is 141 Å². The minimum atomic E-state index is -0.626. The van der Waals surface area contributed by atoms with Gasteiger partial charge in [-0.05, 0) is 65.9 Å². The summed E-state index contributed by atoms with van der Waals surface area (Å²) < 4.78 is 12.3. The van der Waals surface area contributed by atoms with Crippen molar-refractivity contribution < 1.29 is 13.9 Å². The molecule has 188 valence electrons. The second kappa shape index (κ2) is 9.63. The quantitative estimate of drug-likeness (QED) is 0.279. The number of nitrogens with zero attached hydrogens (tertiary/aromatic N) is 2. The van der Waals surface area contributed by atoms with E-state index in [1.165, 1.54) is 0 Å². The largest absolute Gasteiger partial charge is 0.489 e. The van der Waals surface area contributed by atoms with Crippen LogP contribution in [-0.4, -0.2) is 15.8 Å². The van der Waals surface area contributed by atoms with Gasteiger partial charge in [0.25, 0.3) is 5.91 Å². The van der Waals surface area contributed by atoms with Crippen molar-refractivity contribution in [3.63, 3.8) is 0 Å². The first-order valence-electron chi connectivity index (χ1n) is 12.5. The van der Waals surface area contributed by atoms with E-state index in [0.29, 0.717) is 28.9 Å². The molecule has 0 aliphatic carbocycles. The van der Waals surface area contributed by atoms with Crippen LogP contribution in [-0.2, 0) is 13.2 Å². The van der Waals surface area contributed by atoms with E-state index >= 15 is 0 Å². The van der Waals surface area contributed by atoms with Crippen molar-refractivity contribution in [2.24, 2.45) is 0 Å². The van der Waals surface area contributed by atoms with Crippen LogP contribution in [0.2, 0.25) is 0 Å². The van der Waals surface area contributed by atoms with Crippen molar-refractivity contribution in [1.29, 1.82) is 0 Å². The summed E-state index contributed by atoms with van der Waals surface area (Å²) in [7, 11) is 0. The fourth-order valence-corrected chi connectivity index (χ4v) is 5.23. The molecule has 1 unspecified atom stereocenters. The first-order valence-corrected chi connectivity index (χ1v) is 12.5. The molecule has 0 N–H and O–H groups in total. The number of rotatable bonds is 6. The van der Waals surface area contributed by atoms with Gasteiger partial charge in [0, 0.05) is 18.9 Å². The number of hydrogen-bond acceptors (Lipinski definition) is 5. The van der Waals surface area contributed by atoms with Crippen LogP contribution in [0.5, 0.6) is 5.75 Å². The number of pyridine rings is 1. The van der Waals surface area contributed by atoms with Gasteiger partial charge in [-0.25, -0.2) is 0 Å². The summed E-state index contributed by atoms with van der Waals surface area (Å²) in [5.41, 5.74) is 5.10. The molecular formula is C32H26N2O4. The maximum Gasteiger partial charge on any atom is 0.291 e. The lowest BCUT2D eigenvalue weighted by molar-refractivity contribution is 0.0714. The third kappa shape index (κ3) is 4.24. The molecule has 3 aromatic carbocycles. The van der Waals surface area contributed by atoms with Gasteiger partial charge >= 0.3 is 0 Å². The zero-order chi connectivity index (χ0) is 26.2. The van der Waals surface area contributed by atoms with Crippen LogP contribution in [0.4, 0.5) is 0 Å². The Morgan fingerprint density at radius 3 is 2.53 bits per heavy atom. The van der Waals surface area contributed by atoms with E-state index in [-0.39, 0.29) is 23.6 Å². The highest BCUT2D eigenvalue weighted by atomic mass is 16.5. The molecule has 1 amide bonds. The van der Waals surface area contributed by atoms with Crippen LogP contribution in [0.15, 0.2) is 100 Å². The molecule has 1 aliphatic heterocycles. The number of hydrogen-bond donors (Lipinski definition) is 0. The Bertz CT molecular complexity index is 1710. The molecule has 0 saturated heterocycles. The number of carbonyl (C=O) groups is 1. The van der Waals surface area contributed by atoms with Gasteiger partial charge in [0.2, 0.25) is 5.76 Å². The van der Waals surface area contributed by atoms with E-state index in [1.54, 1.807) is 17.3 Å². The van der Waals surface area contributed by atoms with Crippen LogP contribution >= 0.6 is 0 Å². The Hall–Kier alpha value is -4.71. The van der Waals surface area contributed by atoms with Crippen molar-refractivity contribution in [3.8, 4) is 5.75 Å². The average Bonchev–Trinajstić information content (AvgIpc) is 3.20. The summed E-state index contributed by atoms with van der Waals surface area (Å²) in [5.74, 6) is 0.435. The highest BCUT2D eigenvalue weighted by Gasteiger charge is 2.43. The molecule has 6 nitrogen and oxygen atoms in total. The fraction of sp³-hybridized carbons (Fsp3) is 0.156. The molecule has 0 saturated carbocycles. The minimum absolute atomic E-state index is 0.0944. The molecule has 5 aromatic rings. The van der Waals surface area contributed by atoms with Crippen LogP contribution in [0, 0.1) is 13.8 Å². The Balaban J connectivity index is 1.47. The number of carbonyl (C=O) groups excluding carboxylic acids is 1. The van der Waals surface area contributed by atoms with Gasteiger partial charge in [-0.1, -0.05) is 54.6 Å². The lowest BCUT2D eigenvalue weighted by Gasteiger charge is -2.25. The van der Waals surface area contributed by atoms with Crippen molar-refractivity contribution in [1.82, 2.24) is 9.88 Å². The summed E-state index contributed by atoms with van der Waals surface area (Å²) in [6.07, 6.45) is 3.42. The summed E-state index contributed by atoms with van der Waals surface area (Å²) >= 11 is 0. The predicted octanol–water partition coefficient (Wildman–Crippen LogP) is 6.13. The highest BCUT2D eigenvalue weighted by molar-refractivity contribution is 5.99. The minimum Gasteiger partial charge on any atom is -0.489 e. The fourth-order valence-electron chi connectivity index (χ4n) is 5.23. The van der Waals surface area contributed by atoms with Crippen LogP contribution in [0.25, 0.3) is 11.0 Å². The van der Waals surface area contributed by atoms with E-state index < -0.39 is 6.04 Å². The number of aromatic nitrogens is 1. The Kier molecular flexibility index (Phi) is 6.00. The summed E-state index contributed by atoms with van der Waals surface area (Å²) in [6, 6.07) is 24.4. The average molecular weight is 503 g/mol. The predicted molar refractivity (Wildman–Crippen MR) is 145 cm³/mol. The molecule has 6 rings (SSSR count). The SMILES string of the molecule is Cc1cc(C)c2c(=O)c3c(oc2c1)C(=O)N(Cc1cccnc1)C3c1cccc(OCc2ccccc2)c1. The molecule has 0 fully saturated rings. The van der Waals surface area contributed by atoms with Crippen LogP contribution in [0.3, 0.4) is 0 Å². The van der Waals surface area contributed by atoms with Gasteiger partial charge < -0.3 is 14.1 Å². The molecule has 0 radical (unpaired) electrons. The van der Waals surface area contributed by atoms with Gasteiger partial charge in [-0.15, -0.1) is 0 Å². The van der Waals surface area contributed by atoms with Crippen molar-refractivity contribution in [2.75, 3.05) is 0 Å². The molecule has 0 spiro atoms. The monoisotopic (exact) mass is 502 g/mol. The van der Waals surface area contributed by atoms with Gasteiger partial charge in [0.1, 0.15) is 17.9 Å². The van der Waals surface area contributed by atoms with Gasteiger partial charge in [0.05, 0.1) is 17.0 Å². The van der Waals surface area contributed by atoms with E-state index in [2.05, 4.69) is 4.98 Å². The first kappa shape index (κ1) is 23.7. The Labute approximate surface area is 220 Å². The van der Waals surface area contributed by atoms with Crippen molar-refractivity contribution >= 4 is 16.9 Å². The Morgan fingerprint density at radius 2 is 1.74 bits per heavy atom. The van der Waals surface area contributed by atoms with Gasteiger partial charge in [-0.3, -0.25) is 14.6 Å². The number of ether oxygens (including phenoxy) is 1. The molecule has 6 heteroatoms. The lowest BCUT2D eigenvalue weighted by Crippen LogP contribution is -2.29. The zero-order valence-corrected chi connectivity index (χ0v) is 21.2. The normalized spacial score (nSPS) is 14.6. The zero-order valence-electron chi connectivity index (χ0n) is 21.2. The van der Waals surface area contributed by atoms with Crippen LogP contribution in [0.1, 0.15) is 50.0 Å².